The number of ether oxygens (including phenoxy) is 2. The first kappa shape index (κ1) is 21.3. The largest absolute Gasteiger partial charge is 0.493 e. The molecule has 0 spiro atoms. The minimum atomic E-state index is -0.187. The number of nitrogens with one attached hydrogen (secondary N) is 1. The van der Waals surface area contributed by atoms with Crippen LogP contribution in [-0.2, 0) is 16.6 Å². The predicted molar refractivity (Wildman–Crippen MR) is 114 cm³/mol. The standard InChI is InChI=1S/C22H27N5O3/c1-22(2,3)17-14-18(27(26-17)21-23-12-7-13-24-21)25-19(28)11-10-15-8-6-9-16(29-4)20(15)30-5/h6-9,12-14H,10-11H2,1-5H3,(H,25,28). The minimum Gasteiger partial charge on any atom is -0.493 e. The van der Waals surface area contributed by atoms with Crippen LogP contribution in [0.2, 0.25) is 0 Å². The van der Waals surface area contributed by atoms with Crippen molar-refractivity contribution in [3.8, 4) is 17.4 Å². The summed E-state index contributed by atoms with van der Waals surface area (Å²) in [6, 6.07) is 9.23. The Kier molecular flexibility index (Phi) is 6.34. The highest BCUT2D eigenvalue weighted by Crippen LogP contribution is 2.31. The van der Waals surface area contributed by atoms with Gasteiger partial charge in [-0.2, -0.15) is 9.78 Å². The Morgan fingerprint density at radius 3 is 2.47 bits per heavy atom. The fourth-order valence-electron chi connectivity index (χ4n) is 2.99. The number of nitrogens with zero attached hydrogens (tertiary/aromatic N) is 4. The summed E-state index contributed by atoms with van der Waals surface area (Å²) < 4.78 is 12.3. The van der Waals surface area contributed by atoms with Gasteiger partial charge < -0.3 is 14.8 Å². The molecular formula is C22H27N5O3. The van der Waals surface area contributed by atoms with Crippen LogP contribution >= 0.6 is 0 Å². The number of aryl methyl sites for hydroxylation is 1. The van der Waals surface area contributed by atoms with E-state index in [2.05, 4.69) is 41.2 Å². The molecule has 2 aromatic heterocycles. The molecule has 30 heavy (non-hydrogen) atoms. The zero-order chi connectivity index (χ0) is 21.7. The molecule has 0 fully saturated rings. The number of hydrogen-bond acceptors (Lipinski definition) is 6. The number of para-hydroxylation sites is 1. The molecule has 0 atom stereocenters. The second-order valence-electron chi connectivity index (χ2n) is 7.83. The lowest BCUT2D eigenvalue weighted by Crippen LogP contribution is -2.16. The molecule has 0 bridgehead atoms. The summed E-state index contributed by atoms with van der Waals surface area (Å²) in [5.74, 6) is 2.08. The van der Waals surface area contributed by atoms with Gasteiger partial charge in [0.2, 0.25) is 5.91 Å². The van der Waals surface area contributed by atoms with Crippen molar-refractivity contribution >= 4 is 11.7 Å². The van der Waals surface area contributed by atoms with E-state index < -0.39 is 0 Å². The number of anilines is 1. The molecule has 2 heterocycles. The number of carbonyl (C=O) groups is 1. The average molecular weight is 409 g/mol. The highest BCUT2D eigenvalue weighted by Gasteiger charge is 2.22. The van der Waals surface area contributed by atoms with Gasteiger partial charge in [-0.05, 0) is 24.1 Å². The van der Waals surface area contributed by atoms with Crippen LogP contribution < -0.4 is 14.8 Å². The van der Waals surface area contributed by atoms with Crippen LogP contribution in [0.4, 0.5) is 5.82 Å². The van der Waals surface area contributed by atoms with Gasteiger partial charge in [-0.15, -0.1) is 0 Å². The van der Waals surface area contributed by atoms with E-state index in [1.54, 1.807) is 37.4 Å². The highest BCUT2D eigenvalue weighted by atomic mass is 16.5. The van der Waals surface area contributed by atoms with Gasteiger partial charge in [-0.25, -0.2) is 9.97 Å². The Bertz CT molecular complexity index is 1010. The average Bonchev–Trinajstić information content (AvgIpc) is 3.16. The Balaban J connectivity index is 1.79. The molecule has 3 aromatic rings. The van der Waals surface area contributed by atoms with Crippen molar-refractivity contribution in [3.63, 3.8) is 0 Å². The lowest BCUT2D eigenvalue weighted by molar-refractivity contribution is -0.116. The lowest BCUT2D eigenvalue weighted by atomic mass is 9.92. The SMILES string of the molecule is COc1cccc(CCC(=O)Nc2cc(C(C)(C)C)nn2-c2ncccn2)c1OC. The maximum absolute atomic E-state index is 12.7. The number of methoxy groups -OCH3 is 2. The molecule has 3 rings (SSSR count). The summed E-state index contributed by atoms with van der Waals surface area (Å²) in [6.07, 6.45) is 4.06. The van der Waals surface area contributed by atoms with Crippen LogP contribution in [0, 0.1) is 0 Å². The van der Waals surface area contributed by atoms with Gasteiger partial charge in [0.05, 0.1) is 19.9 Å². The predicted octanol–water partition coefficient (Wildman–Crippen LogP) is 3.55. The number of amides is 1. The summed E-state index contributed by atoms with van der Waals surface area (Å²) in [5, 5.41) is 7.56. The summed E-state index contributed by atoms with van der Waals surface area (Å²) in [4.78, 5) is 21.2. The fraction of sp³-hybridized carbons (Fsp3) is 0.364. The van der Waals surface area contributed by atoms with Crippen LogP contribution in [0.25, 0.3) is 5.95 Å². The van der Waals surface area contributed by atoms with Crippen LogP contribution in [0.3, 0.4) is 0 Å². The molecule has 8 heteroatoms. The number of rotatable bonds is 7. The van der Waals surface area contributed by atoms with E-state index in [0.717, 1.165) is 11.3 Å². The maximum Gasteiger partial charge on any atom is 0.252 e. The smallest absolute Gasteiger partial charge is 0.252 e. The first-order chi connectivity index (χ1) is 14.3. The number of aromatic nitrogens is 4. The Morgan fingerprint density at radius 2 is 1.83 bits per heavy atom. The van der Waals surface area contributed by atoms with Crippen molar-refractivity contribution in [2.24, 2.45) is 0 Å². The molecule has 158 valence electrons. The van der Waals surface area contributed by atoms with Gasteiger partial charge in [0.15, 0.2) is 11.5 Å². The van der Waals surface area contributed by atoms with E-state index in [-0.39, 0.29) is 17.7 Å². The zero-order valence-corrected chi connectivity index (χ0v) is 18.0. The van der Waals surface area contributed by atoms with Gasteiger partial charge in [0.25, 0.3) is 5.95 Å². The zero-order valence-electron chi connectivity index (χ0n) is 18.0. The quantitative estimate of drug-likeness (QED) is 0.642. The number of carbonyl (C=O) groups excluding carboxylic acids is 1. The molecule has 1 amide bonds. The van der Waals surface area contributed by atoms with Gasteiger partial charge >= 0.3 is 0 Å². The summed E-state index contributed by atoms with van der Waals surface area (Å²) >= 11 is 0. The second kappa shape index (κ2) is 8.94. The van der Waals surface area contributed by atoms with Crippen molar-refractivity contribution < 1.29 is 14.3 Å². The van der Waals surface area contributed by atoms with Crippen molar-refractivity contribution in [2.75, 3.05) is 19.5 Å². The highest BCUT2D eigenvalue weighted by molar-refractivity contribution is 5.90. The monoisotopic (exact) mass is 409 g/mol. The normalized spacial score (nSPS) is 11.2. The lowest BCUT2D eigenvalue weighted by Gasteiger charge is -2.13. The first-order valence-corrected chi connectivity index (χ1v) is 9.71. The van der Waals surface area contributed by atoms with Crippen LogP contribution in [-0.4, -0.2) is 39.9 Å². The molecule has 1 N–H and O–H groups in total. The molecule has 8 nitrogen and oxygen atoms in total. The summed E-state index contributed by atoms with van der Waals surface area (Å²) in [5.41, 5.74) is 1.55. The van der Waals surface area contributed by atoms with Crippen molar-refractivity contribution in [2.45, 2.75) is 39.0 Å². The summed E-state index contributed by atoms with van der Waals surface area (Å²) in [6.45, 7) is 6.19. The number of benzene rings is 1. The molecule has 0 saturated heterocycles. The molecule has 0 aliphatic rings. The third kappa shape index (κ3) is 4.76. The molecule has 0 saturated carbocycles. The van der Waals surface area contributed by atoms with Crippen LogP contribution in [0.5, 0.6) is 11.5 Å². The van der Waals surface area contributed by atoms with E-state index >= 15 is 0 Å². The third-order valence-corrected chi connectivity index (χ3v) is 4.59. The summed E-state index contributed by atoms with van der Waals surface area (Å²) in [7, 11) is 3.18. The fourth-order valence-corrected chi connectivity index (χ4v) is 2.99. The Morgan fingerprint density at radius 1 is 1.10 bits per heavy atom. The first-order valence-electron chi connectivity index (χ1n) is 9.71. The third-order valence-electron chi connectivity index (χ3n) is 4.59. The topological polar surface area (TPSA) is 91.2 Å². The van der Waals surface area contributed by atoms with Crippen molar-refractivity contribution in [3.05, 3.63) is 54.0 Å². The van der Waals surface area contributed by atoms with Crippen molar-refractivity contribution in [1.82, 2.24) is 19.7 Å². The van der Waals surface area contributed by atoms with Gasteiger partial charge in [0.1, 0.15) is 5.82 Å². The van der Waals surface area contributed by atoms with Gasteiger partial charge in [-0.1, -0.05) is 32.9 Å². The number of hydrogen-bond donors (Lipinski definition) is 1. The molecule has 0 radical (unpaired) electrons. The Labute approximate surface area is 176 Å². The van der Waals surface area contributed by atoms with Crippen molar-refractivity contribution in [1.29, 1.82) is 0 Å². The van der Waals surface area contributed by atoms with E-state index in [1.807, 2.05) is 24.3 Å². The van der Waals surface area contributed by atoms with E-state index in [4.69, 9.17) is 9.47 Å². The van der Waals surface area contributed by atoms with E-state index in [9.17, 15) is 4.79 Å². The molecule has 1 aromatic carbocycles. The van der Waals surface area contributed by atoms with E-state index in [1.165, 1.54) is 0 Å². The molecule has 0 aliphatic heterocycles. The van der Waals surface area contributed by atoms with Gasteiger partial charge in [-0.3, -0.25) is 4.79 Å². The molecule has 0 aliphatic carbocycles. The molecular weight excluding hydrogens is 382 g/mol. The minimum absolute atomic E-state index is 0.141. The Hall–Kier alpha value is -3.42. The van der Waals surface area contributed by atoms with Crippen LogP contribution in [0.15, 0.2) is 42.7 Å². The second-order valence-corrected chi connectivity index (χ2v) is 7.83. The van der Waals surface area contributed by atoms with Gasteiger partial charge in [0, 0.05) is 30.3 Å². The van der Waals surface area contributed by atoms with Crippen LogP contribution in [0.1, 0.15) is 38.4 Å². The molecule has 0 unspecified atom stereocenters. The van der Waals surface area contributed by atoms with E-state index in [0.29, 0.717) is 29.7 Å². The maximum atomic E-state index is 12.7.